The number of hydrogen-bond acceptors (Lipinski definition) is 2. The fourth-order valence-corrected chi connectivity index (χ4v) is 1.88. The minimum Gasteiger partial charge on any atom is -0.492 e. The number of fused-ring (bicyclic) bond motifs is 1. The van der Waals surface area contributed by atoms with Gasteiger partial charge in [0.15, 0.2) is 0 Å². The molecule has 1 aromatic carbocycles. The molecule has 76 valence electrons. The Balaban J connectivity index is 2.31. The molecule has 1 aliphatic rings. The number of carbonyl (C=O) groups excluding carboxylic acids is 1. The smallest absolute Gasteiger partial charge is 0.130 e. The molecule has 0 N–H and O–H groups in total. The predicted octanol–water partition coefficient (Wildman–Crippen LogP) is 1.83. The van der Waals surface area contributed by atoms with Gasteiger partial charge in [0.25, 0.3) is 0 Å². The van der Waals surface area contributed by atoms with Crippen molar-refractivity contribution in [2.45, 2.75) is 12.8 Å². The van der Waals surface area contributed by atoms with Crippen molar-refractivity contribution in [3.8, 4) is 18.1 Å². The molecule has 0 aliphatic carbocycles. The topological polar surface area (TPSA) is 26.3 Å². The Morgan fingerprint density at radius 3 is 3.07 bits per heavy atom. The lowest BCUT2D eigenvalue weighted by molar-refractivity contribution is -0.118. The van der Waals surface area contributed by atoms with E-state index >= 15 is 0 Å². The Labute approximate surface area is 89.3 Å². The summed E-state index contributed by atoms with van der Waals surface area (Å²) in [4.78, 5) is 11.1. The van der Waals surface area contributed by atoms with Crippen molar-refractivity contribution < 1.29 is 9.53 Å². The summed E-state index contributed by atoms with van der Waals surface area (Å²) in [7, 11) is 0. The van der Waals surface area contributed by atoms with Gasteiger partial charge in [0.2, 0.25) is 0 Å². The quantitative estimate of drug-likeness (QED) is 0.537. The van der Waals surface area contributed by atoms with Crippen LogP contribution >= 0.6 is 0 Å². The summed E-state index contributed by atoms with van der Waals surface area (Å²) in [5, 5.41) is 0. The summed E-state index contributed by atoms with van der Waals surface area (Å²) in [6, 6.07) is 7.76. The summed E-state index contributed by atoms with van der Waals surface area (Å²) in [5.74, 6) is 3.42. The Hall–Kier alpha value is -1.75. The Morgan fingerprint density at radius 2 is 2.33 bits per heavy atom. The third-order valence-corrected chi connectivity index (χ3v) is 2.73. The fraction of sp³-hybridized carbons (Fsp3) is 0.308. The molecule has 0 aromatic heterocycles. The number of rotatable bonds is 2. The highest BCUT2D eigenvalue weighted by Crippen LogP contribution is 2.35. The van der Waals surface area contributed by atoms with Crippen molar-refractivity contribution in [3.63, 3.8) is 0 Å². The standard InChI is InChI=1S/C13H12O2/c1-2-7-13(9-14)8-11-5-3-4-6-12(11)15-10-13/h1,3-6,9H,7-8,10H2. The van der Waals surface area contributed by atoms with Gasteiger partial charge in [0.1, 0.15) is 18.6 Å². The van der Waals surface area contributed by atoms with E-state index < -0.39 is 5.41 Å². The lowest BCUT2D eigenvalue weighted by Crippen LogP contribution is -2.36. The minimum absolute atomic E-state index is 0.387. The van der Waals surface area contributed by atoms with Crippen molar-refractivity contribution in [1.29, 1.82) is 0 Å². The molecule has 2 nitrogen and oxygen atoms in total. The SMILES string of the molecule is C#CCC1(C=O)COc2ccccc2C1. The first-order chi connectivity index (χ1) is 7.29. The molecule has 1 aromatic rings. The minimum atomic E-state index is -0.525. The maximum Gasteiger partial charge on any atom is 0.130 e. The molecule has 1 atom stereocenters. The van der Waals surface area contributed by atoms with E-state index in [0.717, 1.165) is 17.6 Å². The summed E-state index contributed by atoms with van der Waals surface area (Å²) >= 11 is 0. The van der Waals surface area contributed by atoms with Gasteiger partial charge in [-0.05, 0) is 18.1 Å². The van der Waals surface area contributed by atoms with E-state index in [1.165, 1.54) is 0 Å². The van der Waals surface area contributed by atoms with Crippen LogP contribution in [0.15, 0.2) is 24.3 Å². The van der Waals surface area contributed by atoms with E-state index in [1.54, 1.807) is 0 Å². The van der Waals surface area contributed by atoms with Crippen molar-refractivity contribution >= 4 is 6.29 Å². The third-order valence-electron chi connectivity index (χ3n) is 2.73. The summed E-state index contributed by atoms with van der Waals surface area (Å²) < 4.78 is 5.56. The van der Waals surface area contributed by atoms with E-state index in [-0.39, 0.29) is 0 Å². The summed E-state index contributed by atoms with van der Waals surface area (Å²) in [6.45, 7) is 0.387. The second kappa shape index (κ2) is 3.78. The first-order valence-electron chi connectivity index (χ1n) is 4.90. The highest BCUT2D eigenvalue weighted by Gasteiger charge is 2.34. The van der Waals surface area contributed by atoms with Gasteiger partial charge in [-0.25, -0.2) is 0 Å². The van der Waals surface area contributed by atoms with Crippen LogP contribution in [0.3, 0.4) is 0 Å². The number of para-hydroxylation sites is 1. The molecule has 0 radical (unpaired) electrons. The molecule has 0 bridgehead atoms. The molecule has 0 spiro atoms. The molecular weight excluding hydrogens is 188 g/mol. The van der Waals surface area contributed by atoms with Gasteiger partial charge in [-0.3, -0.25) is 0 Å². The number of carbonyl (C=O) groups is 1. The third kappa shape index (κ3) is 1.73. The molecule has 0 saturated carbocycles. The van der Waals surface area contributed by atoms with Gasteiger partial charge in [0.05, 0.1) is 5.41 Å². The highest BCUT2D eigenvalue weighted by atomic mass is 16.5. The molecule has 2 rings (SSSR count). The van der Waals surface area contributed by atoms with Gasteiger partial charge >= 0.3 is 0 Å². The average molecular weight is 200 g/mol. The molecule has 0 saturated heterocycles. The van der Waals surface area contributed by atoms with Gasteiger partial charge in [0, 0.05) is 6.42 Å². The zero-order valence-corrected chi connectivity index (χ0v) is 8.40. The molecule has 0 amide bonds. The second-order valence-corrected chi connectivity index (χ2v) is 3.93. The fourth-order valence-electron chi connectivity index (χ4n) is 1.88. The summed E-state index contributed by atoms with van der Waals surface area (Å²) in [6.07, 6.45) is 7.32. The Bertz CT molecular complexity index is 417. The number of hydrogen-bond donors (Lipinski definition) is 0. The number of terminal acetylenes is 1. The molecule has 1 aliphatic heterocycles. The largest absolute Gasteiger partial charge is 0.492 e. The number of benzene rings is 1. The zero-order valence-electron chi connectivity index (χ0n) is 8.40. The first kappa shape index (κ1) is 9.79. The normalized spacial score (nSPS) is 23.4. The highest BCUT2D eigenvalue weighted by molar-refractivity contribution is 5.62. The van der Waals surface area contributed by atoms with Crippen LogP contribution in [0.5, 0.6) is 5.75 Å². The molecule has 1 heterocycles. The zero-order chi connectivity index (χ0) is 10.7. The van der Waals surface area contributed by atoms with Crippen LogP contribution in [-0.4, -0.2) is 12.9 Å². The van der Waals surface area contributed by atoms with Crippen LogP contribution in [0.4, 0.5) is 0 Å². The number of aldehydes is 1. The van der Waals surface area contributed by atoms with E-state index in [2.05, 4.69) is 5.92 Å². The lowest BCUT2D eigenvalue weighted by atomic mass is 9.79. The van der Waals surface area contributed by atoms with E-state index in [4.69, 9.17) is 11.2 Å². The number of ether oxygens (including phenoxy) is 1. The van der Waals surface area contributed by atoms with Gasteiger partial charge in [-0.2, -0.15) is 0 Å². The van der Waals surface area contributed by atoms with Crippen molar-refractivity contribution in [2.75, 3.05) is 6.61 Å². The van der Waals surface area contributed by atoms with Gasteiger partial charge < -0.3 is 9.53 Å². The van der Waals surface area contributed by atoms with Gasteiger partial charge in [-0.15, -0.1) is 12.3 Å². The van der Waals surface area contributed by atoms with Gasteiger partial charge in [-0.1, -0.05) is 18.2 Å². The maximum atomic E-state index is 11.1. The van der Waals surface area contributed by atoms with E-state index in [0.29, 0.717) is 19.4 Å². The first-order valence-corrected chi connectivity index (χ1v) is 4.90. The van der Waals surface area contributed by atoms with Crippen LogP contribution in [-0.2, 0) is 11.2 Å². The molecule has 1 unspecified atom stereocenters. The monoisotopic (exact) mass is 200 g/mol. The van der Waals surface area contributed by atoms with E-state index in [1.807, 2.05) is 24.3 Å². The van der Waals surface area contributed by atoms with Crippen LogP contribution < -0.4 is 4.74 Å². The van der Waals surface area contributed by atoms with Crippen molar-refractivity contribution in [3.05, 3.63) is 29.8 Å². The average Bonchev–Trinajstić information content (AvgIpc) is 2.29. The Kier molecular flexibility index (Phi) is 2.47. The van der Waals surface area contributed by atoms with Crippen LogP contribution in [0.25, 0.3) is 0 Å². The summed E-state index contributed by atoms with van der Waals surface area (Å²) in [5.41, 5.74) is 0.537. The predicted molar refractivity (Wildman–Crippen MR) is 57.6 cm³/mol. The second-order valence-electron chi connectivity index (χ2n) is 3.93. The molecule has 15 heavy (non-hydrogen) atoms. The van der Waals surface area contributed by atoms with E-state index in [9.17, 15) is 4.79 Å². The molecular formula is C13H12O2. The van der Waals surface area contributed by atoms with Crippen molar-refractivity contribution in [1.82, 2.24) is 0 Å². The Morgan fingerprint density at radius 1 is 1.53 bits per heavy atom. The maximum absolute atomic E-state index is 11.1. The lowest BCUT2D eigenvalue weighted by Gasteiger charge is -2.31. The van der Waals surface area contributed by atoms with Crippen LogP contribution in [0, 0.1) is 17.8 Å². The molecule has 0 fully saturated rings. The van der Waals surface area contributed by atoms with Crippen molar-refractivity contribution in [2.24, 2.45) is 5.41 Å². The molecule has 2 heteroatoms. The van der Waals surface area contributed by atoms with Crippen LogP contribution in [0.2, 0.25) is 0 Å². The van der Waals surface area contributed by atoms with Crippen LogP contribution in [0.1, 0.15) is 12.0 Å².